The number of nitrogens with one attached hydrogen (secondary N) is 1. The van der Waals surface area contributed by atoms with E-state index in [1.165, 1.54) is 6.26 Å². The Morgan fingerprint density at radius 1 is 1.33 bits per heavy atom. The molecule has 0 spiro atoms. The third-order valence-electron chi connectivity index (χ3n) is 2.80. The van der Waals surface area contributed by atoms with E-state index in [1.54, 1.807) is 0 Å². The van der Waals surface area contributed by atoms with Crippen LogP contribution >= 0.6 is 0 Å². The van der Waals surface area contributed by atoms with Gasteiger partial charge in [-0.15, -0.1) is 0 Å². The van der Waals surface area contributed by atoms with Crippen molar-refractivity contribution in [3.63, 3.8) is 0 Å². The molecule has 106 valence electrons. The van der Waals surface area contributed by atoms with Crippen molar-refractivity contribution < 1.29 is 17.9 Å². The van der Waals surface area contributed by atoms with E-state index in [2.05, 4.69) is 5.32 Å². The zero-order valence-corrected chi connectivity index (χ0v) is 12.3. The lowest BCUT2D eigenvalue weighted by Gasteiger charge is -2.21. The van der Waals surface area contributed by atoms with E-state index < -0.39 is 21.5 Å². The number of alkyl carbamates (subject to hydrolysis) is 1. The molecule has 1 aliphatic rings. The van der Waals surface area contributed by atoms with Gasteiger partial charge in [0, 0.05) is 12.3 Å². The van der Waals surface area contributed by atoms with Gasteiger partial charge < -0.3 is 10.1 Å². The molecule has 1 rings (SSSR count). The number of carbonyl (C=O) groups excluding carboxylic acids is 1. The Hall–Kier alpha value is -0.780. The van der Waals surface area contributed by atoms with Crippen LogP contribution in [0.15, 0.2) is 0 Å². The molecule has 0 heterocycles. The van der Waals surface area contributed by atoms with Gasteiger partial charge in [0.05, 0.1) is 5.75 Å². The van der Waals surface area contributed by atoms with Crippen molar-refractivity contribution in [3.05, 3.63) is 0 Å². The second-order valence-corrected chi connectivity index (χ2v) is 8.30. The Bertz CT molecular complexity index is 397. The van der Waals surface area contributed by atoms with Crippen molar-refractivity contribution in [2.45, 2.75) is 51.7 Å². The second-order valence-electron chi connectivity index (χ2n) is 6.11. The maximum Gasteiger partial charge on any atom is 0.407 e. The van der Waals surface area contributed by atoms with Crippen molar-refractivity contribution in [1.29, 1.82) is 0 Å². The monoisotopic (exact) mass is 277 g/mol. The summed E-state index contributed by atoms with van der Waals surface area (Å²) in [6.45, 7) is 5.44. The summed E-state index contributed by atoms with van der Waals surface area (Å²) in [6.07, 6.45) is 3.20. The average Bonchev–Trinajstić information content (AvgIpc) is 2.44. The van der Waals surface area contributed by atoms with Crippen LogP contribution < -0.4 is 5.32 Å². The van der Waals surface area contributed by atoms with Gasteiger partial charge in [-0.2, -0.15) is 0 Å². The molecule has 1 amide bonds. The van der Waals surface area contributed by atoms with Gasteiger partial charge in [-0.25, -0.2) is 13.2 Å². The van der Waals surface area contributed by atoms with Crippen LogP contribution in [0.25, 0.3) is 0 Å². The highest BCUT2D eigenvalue weighted by molar-refractivity contribution is 7.90. The van der Waals surface area contributed by atoms with E-state index in [-0.39, 0.29) is 17.7 Å². The van der Waals surface area contributed by atoms with Gasteiger partial charge in [-0.1, -0.05) is 0 Å². The average molecular weight is 277 g/mol. The number of carbonyl (C=O) groups is 1. The van der Waals surface area contributed by atoms with Gasteiger partial charge in [-0.3, -0.25) is 0 Å². The number of sulfone groups is 1. The number of ether oxygens (including phenoxy) is 1. The molecular weight excluding hydrogens is 254 g/mol. The summed E-state index contributed by atoms with van der Waals surface area (Å²) in [5.74, 6) is 0.361. The third-order valence-corrected chi connectivity index (χ3v) is 3.88. The van der Waals surface area contributed by atoms with Crippen LogP contribution in [0.1, 0.15) is 40.0 Å². The van der Waals surface area contributed by atoms with Crippen LogP contribution in [-0.2, 0) is 14.6 Å². The lowest BCUT2D eigenvalue weighted by Crippen LogP contribution is -2.38. The highest BCUT2D eigenvalue weighted by Crippen LogP contribution is 2.26. The smallest absolute Gasteiger partial charge is 0.407 e. The normalized spacial score (nSPS) is 24.9. The van der Waals surface area contributed by atoms with Crippen LogP contribution in [0.5, 0.6) is 0 Å². The fraction of sp³-hybridized carbons (Fsp3) is 0.917. The standard InChI is InChI=1S/C12H23NO4S/c1-12(2,3)17-11(14)13-10-6-5-9(7-10)8-18(4,15)16/h9-10H,5-8H2,1-4H3,(H,13,14)/t9-,10+/m1/s1. The zero-order chi connectivity index (χ0) is 14.0. The number of hydrogen-bond donors (Lipinski definition) is 1. The van der Waals surface area contributed by atoms with E-state index in [1.807, 2.05) is 20.8 Å². The van der Waals surface area contributed by atoms with Gasteiger partial charge in [0.15, 0.2) is 0 Å². The lowest BCUT2D eigenvalue weighted by atomic mass is 10.1. The maximum absolute atomic E-state index is 11.6. The molecule has 0 aromatic carbocycles. The van der Waals surface area contributed by atoms with Crippen LogP contribution in [0.3, 0.4) is 0 Å². The molecule has 0 aromatic rings. The topological polar surface area (TPSA) is 72.5 Å². The first-order valence-corrected chi connectivity index (χ1v) is 8.28. The van der Waals surface area contributed by atoms with Crippen LogP contribution in [0.4, 0.5) is 4.79 Å². The lowest BCUT2D eigenvalue weighted by molar-refractivity contribution is 0.0505. The minimum absolute atomic E-state index is 0.0339. The Morgan fingerprint density at radius 3 is 2.44 bits per heavy atom. The fourth-order valence-electron chi connectivity index (χ4n) is 2.26. The SMILES string of the molecule is CC(C)(C)OC(=O)N[C@H]1CC[C@@H](CS(C)(=O)=O)C1. The van der Waals surface area contributed by atoms with E-state index in [9.17, 15) is 13.2 Å². The van der Waals surface area contributed by atoms with Crippen molar-refractivity contribution >= 4 is 15.9 Å². The van der Waals surface area contributed by atoms with Gasteiger partial charge in [-0.05, 0) is 46.0 Å². The van der Waals surface area contributed by atoms with Crippen molar-refractivity contribution in [2.24, 2.45) is 5.92 Å². The number of rotatable bonds is 3. The Kier molecular flexibility index (Phi) is 4.64. The number of hydrogen-bond acceptors (Lipinski definition) is 4. The summed E-state index contributed by atoms with van der Waals surface area (Å²) in [5.41, 5.74) is -0.505. The van der Waals surface area contributed by atoms with E-state index in [0.717, 1.165) is 12.8 Å². The highest BCUT2D eigenvalue weighted by Gasteiger charge is 2.29. The first-order chi connectivity index (χ1) is 8.05. The largest absolute Gasteiger partial charge is 0.444 e. The first-order valence-electron chi connectivity index (χ1n) is 6.22. The van der Waals surface area contributed by atoms with E-state index in [4.69, 9.17) is 4.74 Å². The zero-order valence-electron chi connectivity index (χ0n) is 11.5. The van der Waals surface area contributed by atoms with Crippen molar-refractivity contribution in [2.75, 3.05) is 12.0 Å². The minimum Gasteiger partial charge on any atom is -0.444 e. The quantitative estimate of drug-likeness (QED) is 0.852. The molecule has 1 aliphatic carbocycles. The molecule has 0 unspecified atom stereocenters. The van der Waals surface area contributed by atoms with Crippen molar-refractivity contribution in [3.8, 4) is 0 Å². The molecule has 5 nitrogen and oxygen atoms in total. The molecule has 6 heteroatoms. The first kappa shape index (κ1) is 15.3. The molecule has 0 saturated heterocycles. The van der Waals surface area contributed by atoms with Crippen LogP contribution in [-0.4, -0.2) is 38.2 Å². The van der Waals surface area contributed by atoms with E-state index >= 15 is 0 Å². The predicted octanol–water partition coefficient (Wildman–Crippen LogP) is 1.72. The van der Waals surface area contributed by atoms with Crippen molar-refractivity contribution in [1.82, 2.24) is 5.32 Å². The van der Waals surface area contributed by atoms with Gasteiger partial charge >= 0.3 is 6.09 Å². The molecule has 1 N–H and O–H groups in total. The summed E-state index contributed by atoms with van der Waals surface area (Å²) in [5, 5.41) is 2.80. The minimum atomic E-state index is -2.93. The summed E-state index contributed by atoms with van der Waals surface area (Å²) in [7, 11) is -2.93. The summed E-state index contributed by atoms with van der Waals surface area (Å²) < 4.78 is 27.6. The molecule has 0 radical (unpaired) electrons. The molecule has 18 heavy (non-hydrogen) atoms. The molecule has 0 aliphatic heterocycles. The highest BCUT2D eigenvalue weighted by atomic mass is 32.2. The summed E-state index contributed by atoms with van der Waals surface area (Å²) in [4.78, 5) is 11.6. The predicted molar refractivity (Wildman–Crippen MR) is 70.2 cm³/mol. The molecule has 0 bridgehead atoms. The Morgan fingerprint density at radius 2 is 1.94 bits per heavy atom. The van der Waals surface area contributed by atoms with Gasteiger partial charge in [0.25, 0.3) is 0 Å². The van der Waals surface area contributed by atoms with Crippen LogP contribution in [0.2, 0.25) is 0 Å². The summed E-state index contributed by atoms with van der Waals surface area (Å²) >= 11 is 0. The maximum atomic E-state index is 11.6. The third kappa shape index (κ3) is 6.23. The Labute approximate surface area is 109 Å². The molecule has 1 fully saturated rings. The van der Waals surface area contributed by atoms with Gasteiger partial charge in [0.2, 0.25) is 0 Å². The second kappa shape index (κ2) is 5.47. The van der Waals surface area contributed by atoms with Crippen LogP contribution in [0, 0.1) is 5.92 Å². The fourth-order valence-corrected chi connectivity index (χ4v) is 3.42. The Balaban J connectivity index is 2.37. The molecule has 0 aromatic heterocycles. The van der Waals surface area contributed by atoms with Gasteiger partial charge in [0.1, 0.15) is 15.4 Å². The molecule has 1 saturated carbocycles. The van der Waals surface area contributed by atoms with E-state index in [0.29, 0.717) is 6.42 Å². The molecular formula is C12H23NO4S. The molecule has 2 atom stereocenters. The summed E-state index contributed by atoms with van der Waals surface area (Å²) in [6, 6.07) is 0.0339. The number of amides is 1.